The Bertz CT molecular complexity index is 700. The van der Waals surface area contributed by atoms with Crippen LogP contribution >= 0.6 is 0 Å². The molecule has 1 heterocycles. The Morgan fingerprint density at radius 1 is 0.963 bits per heavy atom. The quantitative estimate of drug-likeness (QED) is 0.481. The molecule has 0 saturated heterocycles. The highest BCUT2D eigenvalue weighted by molar-refractivity contribution is 5.44. The second-order valence-corrected chi connectivity index (χ2v) is 7.33. The van der Waals surface area contributed by atoms with E-state index in [1.807, 2.05) is 13.8 Å². The van der Waals surface area contributed by atoms with Gasteiger partial charge in [-0.1, -0.05) is 51.2 Å². The fourth-order valence-corrected chi connectivity index (χ4v) is 3.19. The number of aryl methyl sites for hydroxylation is 3. The van der Waals surface area contributed by atoms with Crippen molar-refractivity contribution in [2.75, 3.05) is 18.5 Å². The average Bonchev–Trinajstić information content (AvgIpc) is 2.66. The van der Waals surface area contributed by atoms with Crippen LogP contribution in [-0.4, -0.2) is 23.1 Å². The molecule has 4 nitrogen and oxygen atoms in total. The first-order valence-electron chi connectivity index (χ1n) is 10.4. The van der Waals surface area contributed by atoms with E-state index in [0.717, 1.165) is 29.4 Å². The lowest BCUT2D eigenvalue weighted by Gasteiger charge is -2.13. The molecule has 0 amide bonds. The lowest BCUT2D eigenvalue weighted by Crippen LogP contribution is -2.14. The number of benzene rings is 1. The molecule has 0 aliphatic heterocycles. The Hall–Kier alpha value is -2.10. The van der Waals surface area contributed by atoms with Crippen molar-refractivity contribution in [2.24, 2.45) is 0 Å². The van der Waals surface area contributed by atoms with Gasteiger partial charge < -0.3 is 10.1 Å². The van der Waals surface area contributed by atoms with Crippen molar-refractivity contribution in [1.82, 2.24) is 9.97 Å². The van der Waals surface area contributed by atoms with Crippen molar-refractivity contribution in [1.29, 1.82) is 0 Å². The lowest BCUT2D eigenvalue weighted by atomic mass is 10.0. The highest BCUT2D eigenvalue weighted by Crippen LogP contribution is 2.21. The predicted octanol–water partition coefficient (Wildman–Crippen LogP) is 5.80. The molecule has 0 aliphatic rings. The molecule has 2 aromatic rings. The van der Waals surface area contributed by atoms with Crippen LogP contribution in [0.5, 0.6) is 5.75 Å². The minimum atomic E-state index is 0.611. The molecule has 0 fully saturated rings. The van der Waals surface area contributed by atoms with Gasteiger partial charge in [-0.25, -0.2) is 9.97 Å². The normalized spacial score (nSPS) is 10.8. The first-order chi connectivity index (χ1) is 13.1. The molecule has 27 heavy (non-hydrogen) atoms. The van der Waals surface area contributed by atoms with Crippen molar-refractivity contribution in [3.63, 3.8) is 0 Å². The summed E-state index contributed by atoms with van der Waals surface area (Å²) in [6, 6.07) is 6.59. The summed E-state index contributed by atoms with van der Waals surface area (Å²) in [4.78, 5) is 8.48. The first kappa shape index (κ1) is 21.2. The van der Waals surface area contributed by atoms with Gasteiger partial charge in [0.25, 0.3) is 0 Å². The zero-order valence-corrected chi connectivity index (χ0v) is 17.5. The Morgan fingerprint density at radius 3 is 2.52 bits per heavy atom. The van der Waals surface area contributed by atoms with Gasteiger partial charge in [0.2, 0.25) is 0 Å². The maximum Gasteiger partial charge on any atom is 0.132 e. The van der Waals surface area contributed by atoms with Gasteiger partial charge in [-0.2, -0.15) is 0 Å². The molecule has 0 atom stereocenters. The smallest absolute Gasteiger partial charge is 0.132 e. The summed E-state index contributed by atoms with van der Waals surface area (Å²) < 4.78 is 5.95. The van der Waals surface area contributed by atoms with Crippen molar-refractivity contribution in [3.8, 4) is 5.75 Å². The van der Waals surface area contributed by atoms with Crippen LogP contribution in [0.2, 0.25) is 0 Å². The van der Waals surface area contributed by atoms with Gasteiger partial charge in [0.1, 0.15) is 24.5 Å². The molecule has 1 N–H and O–H groups in total. The summed E-state index contributed by atoms with van der Waals surface area (Å²) in [5.41, 5.74) is 4.73. The van der Waals surface area contributed by atoms with E-state index in [1.54, 1.807) is 6.33 Å². The molecule has 0 unspecified atom stereocenters. The van der Waals surface area contributed by atoms with Gasteiger partial charge in [-0.15, -0.1) is 0 Å². The van der Waals surface area contributed by atoms with Gasteiger partial charge in [0.05, 0.1) is 6.54 Å². The first-order valence-corrected chi connectivity index (χ1v) is 10.4. The van der Waals surface area contributed by atoms with E-state index >= 15 is 0 Å². The molecule has 0 aliphatic carbocycles. The summed E-state index contributed by atoms with van der Waals surface area (Å²) in [5, 5.41) is 3.33. The maximum atomic E-state index is 5.95. The van der Waals surface area contributed by atoms with Crippen LogP contribution in [-0.2, 0) is 6.42 Å². The number of anilines is 1. The highest BCUT2D eigenvalue weighted by atomic mass is 16.5. The number of hydrogen-bond donors (Lipinski definition) is 1. The Labute approximate surface area is 164 Å². The van der Waals surface area contributed by atoms with E-state index in [1.165, 1.54) is 56.1 Å². The summed E-state index contributed by atoms with van der Waals surface area (Å²) >= 11 is 0. The summed E-state index contributed by atoms with van der Waals surface area (Å²) in [6.45, 7) is 9.75. The van der Waals surface area contributed by atoms with Gasteiger partial charge in [0, 0.05) is 11.3 Å². The van der Waals surface area contributed by atoms with Gasteiger partial charge >= 0.3 is 0 Å². The Balaban J connectivity index is 1.71. The zero-order chi connectivity index (χ0) is 19.5. The lowest BCUT2D eigenvalue weighted by molar-refractivity contribution is 0.330. The SMILES string of the molecule is CCCCCCCCc1ccc(OCCNc2ncnc(C)c2C)c(C)c1. The monoisotopic (exact) mass is 369 g/mol. The van der Waals surface area contributed by atoms with Crippen LogP contribution < -0.4 is 10.1 Å². The third-order valence-electron chi connectivity index (χ3n) is 5.05. The number of nitrogens with zero attached hydrogens (tertiary/aromatic N) is 2. The summed E-state index contributed by atoms with van der Waals surface area (Å²) in [7, 11) is 0. The molecule has 0 bridgehead atoms. The molecule has 2 rings (SSSR count). The van der Waals surface area contributed by atoms with Gasteiger partial charge in [-0.3, -0.25) is 0 Å². The molecular weight excluding hydrogens is 334 g/mol. The predicted molar refractivity (Wildman–Crippen MR) is 114 cm³/mol. The second-order valence-electron chi connectivity index (χ2n) is 7.33. The molecule has 1 aromatic carbocycles. The van der Waals surface area contributed by atoms with Crippen molar-refractivity contribution in [2.45, 2.75) is 72.6 Å². The van der Waals surface area contributed by atoms with Crippen LogP contribution in [0.15, 0.2) is 24.5 Å². The van der Waals surface area contributed by atoms with Crippen molar-refractivity contribution < 1.29 is 4.74 Å². The summed E-state index contributed by atoms with van der Waals surface area (Å²) in [6.07, 6.45) is 10.8. The third kappa shape index (κ3) is 7.20. The maximum absolute atomic E-state index is 5.95. The standard InChI is InChI=1S/C23H35N3O/c1-5-6-7-8-9-10-11-21-12-13-22(18(2)16-21)27-15-14-24-23-19(3)20(4)25-17-26-23/h12-13,16-17H,5-11,14-15H2,1-4H3,(H,24,25,26). The van der Waals surface area contributed by atoms with E-state index in [4.69, 9.17) is 4.74 Å². The molecule has 0 radical (unpaired) electrons. The number of ether oxygens (including phenoxy) is 1. The second kappa shape index (κ2) is 11.6. The average molecular weight is 370 g/mol. The van der Waals surface area contributed by atoms with E-state index in [2.05, 4.69) is 47.3 Å². The zero-order valence-electron chi connectivity index (χ0n) is 17.5. The molecule has 0 saturated carbocycles. The molecule has 4 heteroatoms. The number of unbranched alkanes of at least 4 members (excludes halogenated alkanes) is 5. The van der Waals surface area contributed by atoms with Crippen LogP contribution in [0.4, 0.5) is 5.82 Å². The van der Waals surface area contributed by atoms with Crippen LogP contribution in [0.1, 0.15) is 67.8 Å². The third-order valence-corrected chi connectivity index (χ3v) is 5.05. The van der Waals surface area contributed by atoms with Crippen LogP contribution in [0.3, 0.4) is 0 Å². The molecular formula is C23H35N3O. The largest absolute Gasteiger partial charge is 0.491 e. The number of nitrogens with one attached hydrogen (secondary N) is 1. The van der Waals surface area contributed by atoms with E-state index in [-0.39, 0.29) is 0 Å². The number of rotatable bonds is 12. The fraction of sp³-hybridized carbons (Fsp3) is 0.565. The minimum absolute atomic E-state index is 0.611. The molecule has 148 valence electrons. The van der Waals surface area contributed by atoms with Crippen molar-refractivity contribution >= 4 is 5.82 Å². The topological polar surface area (TPSA) is 47.0 Å². The van der Waals surface area contributed by atoms with Gasteiger partial charge in [0.15, 0.2) is 0 Å². The van der Waals surface area contributed by atoms with E-state index in [0.29, 0.717) is 6.61 Å². The number of hydrogen-bond acceptors (Lipinski definition) is 4. The van der Waals surface area contributed by atoms with Crippen LogP contribution in [0.25, 0.3) is 0 Å². The minimum Gasteiger partial charge on any atom is -0.491 e. The van der Waals surface area contributed by atoms with Crippen molar-refractivity contribution in [3.05, 3.63) is 46.9 Å². The molecule has 0 spiro atoms. The van der Waals surface area contributed by atoms with E-state index in [9.17, 15) is 0 Å². The highest BCUT2D eigenvalue weighted by Gasteiger charge is 2.04. The molecule has 1 aromatic heterocycles. The van der Waals surface area contributed by atoms with Crippen LogP contribution in [0, 0.1) is 20.8 Å². The Morgan fingerprint density at radius 2 is 1.74 bits per heavy atom. The van der Waals surface area contributed by atoms with E-state index < -0.39 is 0 Å². The number of aromatic nitrogens is 2. The Kier molecular flexibility index (Phi) is 9.09. The fourth-order valence-electron chi connectivity index (χ4n) is 3.19. The summed E-state index contributed by atoms with van der Waals surface area (Å²) in [5.74, 6) is 1.86. The van der Waals surface area contributed by atoms with Gasteiger partial charge in [-0.05, 0) is 50.8 Å².